The standard InChI is InChI=1S/C36H36N6O5/c1-41-15-17-42(18-16-41)27-10-8-25(9-11-27)37-22-30-29-13-7-24(20-31(29)39-35(30)44)34(43)23-5-4-6-26(19-23)38-36(45)40-32-21-28(46-2)12-14-33(32)47-3/h4-14,19-22,37H,15-18H2,1-3H3,(H,39,44)(H2,38,40,45). The lowest BCUT2D eigenvalue weighted by atomic mass is 9.99. The van der Waals surface area contributed by atoms with Crippen molar-refractivity contribution < 1.29 is 23.9 Å². The molecule has 11 heteroatoms. The summed E-state index contributed by atoms with van der Waals surface area (Å²) in [5.41, 5.74) is 5.42. The lowest BCUT2D eigenvalue weighted by molar-refractivity contribution is -0.110. The number of carbonyl (C=O) groups is 3. The van der Waals surface area contributed by atoms with Crippen LogP contribution in [0, 0.1) is 0 Å². The Labute approximate surface area is 273 Å². The molecular weight excluding hydrogens is 596 g/mol. The number of rotatable bonds is 9. The SMILES string of the molecule is COc1ccc(OC)c(NC(=O)Nc2cccc(C(=O)c3ccc4c(c3)NC(=O)C4=CNc3ccc(N4CCN(C)CC4)cc3)c2)c1. The Balaban J connectivity index is 1.11. The van der Waals surface area contributed by atoms with Crippen molar-refractivity contribution in [2.24, 2.45) is 0 Å². The second-order valence-corrected chi connectivity index (χ2v) is 11.3. The number of likely N-dealkylation sites (N-methyl/N-ethyl adjacent to an activating group) is 1. The molecule has 0 spiro atoms. The Morgan fingerprint density at radius 1 is 0.809 bits per heavy atom. The number of amides is 3. The summed E-state index contributed by atoms with van der Waals surface area (Å²) in [6, 6.07) is 24.5. The molecule has 6 rings (SSSR count). The smallest absolute Gasteiger partial charge is 0.323 e. The van der Waals surface area contributed by atoms with Crippen LogP contribution in [-0.2, 0) is 4.79 Å². The van der Waals surface area contributed by atoms with Gasteiger partial charge in [0.15, 0.2) is 5.78 Å². The monoisotopic (exact) mass is 632 g/mol. The van der Waals surface area contributed by atoms with Crippen molar-refractivity contribution in [1.29, 1.82) is 0 Å². The molecule has 0 aromatic heterocycles. The van der Waals surface area contributed by atoms with E-state index in [0.29, 0.717) is 50.8 Å². The number of hydrogen-bond donors (Lipinski definition) is 4. The molecule has 4 N–H and O–H groups in total. The molecule has 2 aliphatic heterocycles. The maximum atomic E-state index is 13.5. The second kappa shape index (κ2) is 13.7. The first-order chi connectivity index (χ1) is 22.8. The number of methoxy groups -OCH3 is 2. The average molecular weight is 633 g/mol. The average Bonchev–Trinajstić information content (AvgIpc) is 3.41. The molecule has 11 nitrogen and oxygen atoms in total. The van der Waals surface area contributed by atoms with Crippen molar-refractivity contribution in [3.63, 3.8) is 0 Å². The Morgan fingerprint density at radius 3 is 2.32 bits per heavy atom. The van der Waals surface area contributed by atoms with E-state index in [4.69, 9.17) is 9.47 Å². The Kier molecular flexibility index (Phi) is 9.07. The molecule has 4 aromatic carbocycles. The first kappa shape index (κ1) is 31.2. The summed E-state index contributed by atoms with van der Waals surface area (Å²) >= 11 is 0. The summed E-state index contributed by atoms with van der Waals surface area (Å²) in [5, 5.41) is 11.6. The number of urea groups is 1. The minimum absolute atomic E-state index is 0.253. The van der Waals surface area contributed by atoms with Gasteiger partial charge in [-0.1, -0.05) is 24.3 Å². The molecule has 0 saturated carbocycles. The van der Waals surface area contributed by atoms with Crippen molar-refractivity contribution in [2.45, 2.75) is 0 Å². The molecule has 240 valence electrons. The summed E-state index contributed by atoms with van der Waals surface area (Å²) in [7, 11) is 5.18. The zero-order valence-corrected chi connectivity index (χ0v) is 26.4. The van der Waals surface area contributed by atoms with Crippen LogP contribution in [0.1, 0.15) is 21.5 Å². The molecule has 1 saturated heterocycles. The van der Waals surface area contributed by atoms with Crippen LogP contribution >= 0.6 is 0 Å². The van der Waals surface area contributed by atoms with Crippen molar-refractivity contribution in [3.05, 3.63) is 108 Å². The molecule has 2 aliphatic rings. The topological polar surface area (TPSA) is 124 Å². The highest BCUT2D eigenvalue weighted by atomic mass is 16.5. The van der Waals surface area contributed by atoms with Crippen LogP contribution in [-0.4, -0.2) is 70.1 Å². The first-order valence-electron chi connectivity index (χ1n) is 15.2. The number of hydrogen-bond acceptors (Lipinski definition) is 8. The van der Waals surface area contributed by atoms with E-state index < -0.39 is 6.03 Å². The molecule has 1 fully saturated rings. The normalized spacial score (nSPS) is 15.1. The molecule has 0 aliphatic carbocycles. The van der Waals surface area contributed by atoms with E-state index in [2.05, 4.69) is 50.2 Å². The van der Waals surface area contributed by atoms with E-state index in [-0.39, 0.29) is 11.7 Å². The van der Waals surface area contributed by atoms with Gasteiger partial charge >= 0.3 is 6.03 Å². The van der Waals surface area contributed by atoms with Crippen LogP contribution in [0.4, 0.5) is 33.2 Å². The molecule has 3 amide bonds. The molecule has 0 unspecified atom stereocenters. The third kappa shape index (κ3) is 7.05. The minimum Gasteiger partial charge on any atom is -0.497 e. The highest BCUT2D eigenvalue weighted by molar-refractivity contribution is 6.32. The van der Waals surface area contributed by atoms with E-state index >= 15 is 0 Å². The third-order valence-electron chi connectivity index (χ3n) is 8.22. The first-order valence-corrected chi connectivity index (χ1v) is 15.2. The Morgan fingerprint density at radius 2 is 1.57 bits per heavy atom. The van der Waals surface area contributed by atoms with Gasteiger partial charge in [0.25, 0.3) is 5.91 Å². The van der Waals surface area contributed by atoms with Crippen molar-refractivity contribution >= 4 is 51.7 Å². The number of nitrogens with zero attached hydrogens (tertiary/aromatic N) is 2. The molecule has 47 heavy (non-hydrogen) atoms. The third-order valence-corrected chi connectivity index (χ3v) is 8.22. The van der Waals surface area contributed by atoms with E-state index in [1.807, 2.05) is 12.1 Å². The fourth-order valence-corrected chi connectivity index (χ4v) is 5.57. The van der Waals surface area contributed by atoms with Crippen LogP contribution in [0.25, 0.3) is 5.57 Å². The summed E-state index contributed by atoms with van der Waals surface area (Å²) in [6.07, 6.45) is 1.69. The van der Waals surface area contributed by atoms with Gasteiger partial charge in [0.1, 0.15) is 11.5 Å². The van der Waals surface area contributed by atoms with E-state index in [0.717, 1.165) is 31.9 Å². The zero-order valence-electron chi connectivity index (χ0n) is 26.4. The highest BCUT2D eigenvalue weighted by Gasteiger charge is 2.25. The number of fused-ring (bicyclic) bond motifs is 1. The van der Waals surface area contributed by atoms with E-state index in [1.54, 1.807) is 66.9 Å². The summed E-state index contributed by atoms with van der Waals surface area (Å²) < 4.78 is 10.6. The Hall–Kier alpha value is -5.81. The summed E-state index contributed by atoms with van der Waals surface area (Å²) in [6.45, 7) is 4.07. The van der Waals surface area contributed by atoms with Gasteiger partial charge in [-0.2, -0.15) is 0 Å². The predicted octanol–water partition coefficient (Wildman–Crippen LogP) is 5.74. The molecule has 4 aromatic rings. The van der Waals surface area contributed by atoms with Crippen LogP contribution < -0.4 is 35.6 Å². The summed E-state index contributed by atoms with van der Waals surface area (Å²) in [4.78, 5) is 43.8. The number of piperazine rings is 1. The van der Waals surface area contributed by atoms with Gasteiger partial charge in [-0.25, -0.2) is 4.79 Å². The highest BCUT2D eigenvalue weighted by Crippen LogP contribution is 2.34. The van der Waals surface area contributed by atoms with Crippen LogP contribution in [0.15, 0.2) is 91.1 Å². The Bertz CT molecular complexity index is 1850. The fraction of sp³-hybridized carbons (Fsp3) is 0.194. The molecule has 0 atom stereocenters. The number of anilines is 5. The maximum Gasteiger partial charge on any atom is 0.323 e. The van der Waals surface area contributed by atoms with Gasteiger partial charge in [-0.15, -0.1) is 0 Å². The van der Waals surface area contributed by atoms with Gasteiger partial charge in [-0.3, -0.25) is 9.59 Å². The van der Waals surface area contributed by atoms with Crippen molar-refractivity contribution in [1.82, 2.24) is 4.90 Å². The number of carbonyl (C=O) groups excluding carboxylic acids is 3. The quantitative estimate of drug-likeness (QED) is 0.136. The number of ether oxygens (including phenoxy) is 2. The van der Waals surface area contributed by atoms with Gasteiger partial charge in [0, 0.05) is 77.9 Å². The predicted molar refractivity (Wildman–Crippen MR) is 185 cm³/mol. The molecule has 2 heterocycles. The maximum absolute atomic E-state index is 13.5. The molecule has 0 bridgehead atoms. The van der Waals surface area contributed by atoms with Crippen molar-refractivity contribution in [3.8, 4) is 11.5 Å². The van der Waals surface area contributed by atoms with Crippen molar-refractivity contribution in [2.75, 3.05) is 73.6 Å². The minimum atomic E-state index is -0.514. The molecular formula is C36H36N6O5. The lowest BCUT2D eigenvalue weighted by Crippen LogP contribution is -2.44. The van der Waals surface area contributed by atoms with Crippen LogP contribution in [0.5, 0.6) is 11.5 Å². The number of nitrogens with one attached hydrogen (secondary N) is 4. The number of ketones is 1. The molecule has 0 radical (unpaired) electrons. The summed E-state index contributed by atoms with van der Waals surface area (Å²) in [5.74, 6) is 0.523. The van der Waals surface area contributed by atoms with Gasteiger partial charge in [0.05, 0.1) is 25.5 Å². The lowest BCUT2D eigenvalue weighted by Gasteiger charge is -2.34. The van der Waals surface area contributed by atoms with Gasteiger partial charge < -0.3 is 40.5 Å². The van der Waals surface area contributed by atoms with E-state index in [1.165, 1.54) is 19.9 Å². The number of benzene rings is 4. The van der Waals surface area contributed by atoms with Gasteiger partial charge in [-0.05, 0) is 61.6 Å². The largest absolute Gasteiger partial charge is 0.497 e. The zero-order chi connectivity index (χ0) is 32.9. The fourth-order valence-electron chi connectivity index (χ4n) is 5.57. The van der Waals surface area contributed by atoms with Gasteiger partial charge in [0.2, 0.25) is 0 Å². The van der Waals surface area contributed by atoms with E-state index in [9.17, 15) is 14.4 Å². The van der Waals surface area contributed by atoms with Crippen LogP contribution in [0.2, 0.25) is 0 Å². The van der Waals surface area contributed by atoms with Crippen LogP contribution in [0.3, 0.4) is 0 Å². The second-order valence-electron chi connectivity index (χ2n) is 11.3.